The van der Waals surface area contributed by atoms with Crippen LogP contribution >= 0.6 is 0 Å². The van der Waals surface area contributed by atoms with E-state index in [-0.39, 0.29) is 30.4 Å². The number of nitro benzene ring substituents is 1. The van der Waals surface area contributed by atoms with Crippen LogP contribution in [0.15, 0.2) is 36.4 Å². The standard InChI is InChI=1S/C23H27N3O6/c1-4-31-23(28)18-5-6-20(21(14-18)26(29)30)24-7-9-25(10-8-24)22(27)15-32-19-12-16(2)11-17(3)13-19/h5-6,11-14H,4,7-10,15H2,1-3H3. The van der Waals surface area contributed by atoms with Gasteiger partial charge >= 0.3 is 5.97 Å². The van der Waals surface area contributed by atoms with Crippen LogP contribution in [0.25, 0.3) is 0 Å². The predicted octanol–water partition coefficient (Wildman–Crippen LogP) is 3.12. The van der Waals surface area contributed by atoms with Gasteiger partial charge in [-0.3, -0.25) is 14.9 Å². The maximum atomic E-state index is 12.6. The summed E-state index contributed by atoms with van der Waals surface area (Å²) in [4.78, 5) is 39.1. The fraction of sp³-hybridized carbons (Fsp3) is 0.391. The second-order valence-corrected chi connectivity index (χ2v) is 7.66. The Morgan fingerprint density at radius 3 is 2.28 bits per heavy atom. The first-order valence-corrected chi connectivity index (χ1v) is 10.5. The molecule has 3 rings (SSSR count). The maximum Gasteiger partial charge on any atom is 0.338 e. The molecular formula is C23H27N3O6. The van der Waals surface area contributed by atoms with Crippen LogP contribution in [0, 0.1) is 24.0 Å². The van der Waals surface area contributed by atoms with Crippen molar-refractivity contribution < 1.29 is 24.0 Å². The maximum absolute atomic E-state index is 12.6. The normalized spacial score (nSPS) is 13.6. The third-order valence-electron chi connectivity index (χ3n) is 5.21. The minimum absolute atomic E-state index is 0.0583. The van der Waals surface area contributed by atoms with E-state index < -0.39 is 10.9 Å². The number of carbonyl (C=O) groups is 2. The molecule has 0 radical (unpaired) electrons. The van der Waals surface area contributed by atoms with Crippen molar-refractivity contribution in [2.24, 2.45) is 0 Å². The Morgan fingerprint density at radius 2 is 1.69 bits per heavy atom. The van der Waals surface area contributed by atoms with E-state index in [2.05, 4.69) is 0 Å². The topological polar surface area (TPSA) is 102 Å². The summed E-state index contributed by atoms with van der Waals surface area (Å²) in [7, 11) is 0. The van der Waals surface area contributed by atoms with E-state index in [0.29, 0.717) is 37.6 Å². The van der Waals surface area contributed by atoms with Gasteiger partial charge in [0.05, 0.1) is 17.1 Å². The van der Waals surface area contributed by atoms with Crippen LogP contribution in [0.5, 0.6) is 5.75 Å². The number of esters is 1. The third-order valence-corrected chi connectivity index (χ3v) is 5.21. The highest BCUT2D eigenvalue weighted by Gasteiger charge is 2.27. The summed E-state index contributed by atoms with van der Waals surface area (Å²) in [5.41, 5.74) is 2.53. The summed E-state index contributed by atoms with van der Waals surface area (Å²) in [5.74, 6) is -0.0656. The highest BCUT2D eigenvalue weighted by molar-refractivity contribution is 5.91. The number of anilines is 1. The Kier molecular flexibility index (Phi) is 7.29. The molecule has 1 fully saturated rings. The van der Waals surface area contributed by atoms with E-state index >= 15 is 0 Å². The number of hydrogen-bond donors (Lipinski definition) is 0. The number of piperazine rings is 1. The van der Waals surface area contributed by atoms with Crippen molar-refractivity contribution in [2.45, 2.75) is 20.8 Å². The van der Waals surface area contributed by atoms with Crippen molar-refractivity contribution in [3.63, 3.8) is 0 Å². The molecule has 0 spiro atoms. The van der Waals surface area contributed by atoms with Gasteiger partial charge in [-0.05, 0) is 56.2 Å². The smallest absolute Gasteiger partial charge is 0.338 e. The minimum atomic E-state index is -0.596. The molecule has 0 aromatic heterocycles. The lowest BCUT2D eigenvalue weighted by molar-refractivity contribution is -0.384. The average molecular weight is 441 g/mol. The van der Waals surface area contributed by atoms with Crippen molar-refractivity contribution in [1.29, 1.82) is 0 Å². The van der Waals surface area contributed by atoms with Gasteiger partial charge in [-0.2, -0.15) is 0 Å². The van der Waals surface area contributed by atoms with Crippen LogP contribution in [0.3, 0.4) is 0 Å². The van der Waals surface area contributed by atoms with Gasteiger partial charge in [-0.15, -0.1) is 0 Å². The van der Waals surface area contributed by atoms with Gasteiger partial charge in [0.15, 0.2) is 6.61 Å². The molecule has 2 aromatic carbocycles. The number of nitro groups is 1. The first-order valence-electron chi connectivity index (χ1n) is 10.5. The van der Waals surface area contributed by atoms with Crippen molar-refractivity contribution >= 4 is 23.3 Å². The van der Waals surface area contributed by atoms with E-state index in [4.69, 9.17) is 9.47 Å². The molecule has 32 heavy (non-hydrogen) atoms. The molecule has 1 heterocycles. The van der Waals surface area contributed by atoms with Gasteiger partial charge in [0.2, 0.25) is 0 Å². The molecule has 9 heteroatoms. The molecule has 0 aliphatic carbocycles. The lowest BCUT2D eigenvalue weighted by Gasteiger charge is -2.35. The van der Waals surface area contributed by atoms with Gasteiger partial charge in [0.1, 0.15) is 11.4 Å². The predicted molar refractivity (Wildman–Crippen MR) is 119 cm³/mol. The van der Waals surface area contributed by atoms with Gasteiger partial charge in [0.25, 0.3) is 11.6 Å². The fourth-order valence-electron chi connectivity index (χ4n) is 3.73. The van der Waals surface area contributed by atoms with Gasteiger partial charge in [0, 0.05) is 32.2 Å². The number of aryl methyl sites for hydroxylation is 2. The van der Waals surface area contributed by atoms with Gasteiger partial charge in [-0.1, -0.05) is 6.07 Å². The Hall–Kier alpha value is -3.62. The van der Waals surface area contributed by atoms with Crippen LogP contribution in [0.2, 0.25) is 0 Å². The molecule has 0 bridgehead atoms. The summed E-state index contributed by atoms with van der Waals surface area (Å²) < 4.78 is 10.6. The first-order chi connectivity index (χ1) is 15.3. The summed E-state index contributed by atoms with van der Waals surface area (Å²) in [6, 6.07) is 10.1. The van der Waals surface area contributed by atoms with Gasteiger partial charge in [-0.25, -0.2) is 4.79 Å². The van der Waals surface area contributed by atoms with E-state index in [1.165, 1.54) is 12.1 Å². The number of rotatable bonds is 7. The third kappa shape index (κ3) is 5.54. The molecule has 0 atom stereocenters. The van der Waals surface area contributed by atoms with Gasteiger partial charge < -0.3 is 19.3 Å². The monoisotopic (exact) mass is 441 g/mol. The van der Waals surface area contributed by atoms with E-state index in [9.17, 15) is 19.7 Å². The number of amides is 1. The molecule has 1 saturated heterocycles. The summed E-state index contributed by atoms with van der Waals surface area (Å²) in [6.45, 7) is 7.48. The molecule has 170 valence electrons. The quantitative estimate of drug-likeness (QED) is 0.369. The zero-order chi connectivity index (χ0) is 23.3. The van der Waals surface area contributed by atoms with Crippen LogP contribution in [-0.4, -0.2) is 61.1 Å². The highest BCUT2D eigenvalue weighted by atomic mass is 16.6. The zero-order valence-electron chi connectivity index (χ0n) is 18.5. The fourth-order valence-corrected chi connectivity index (χ4v) is 3.73. The number of carbonyl (C=O) groups excluding carboxylic acids is 2. The van der Waals surface area contributed by atoms with Crippen LogP contribution in [-0.2, 0) is 9.53 Å². The largest absolute Gasteiger partial charge is 0.484 e. The number of hydrogen-bond acceptors (Lipinski definition) is 7. The number of nitrogens with zero attached hydrogens (tertiary/aromatic N) is 3. The van der Waals surface area contributed by atoms with Crippen LogP contribution < -0.4 is 9.64 Å². The number of ether oxygens (including phenoxy) is 2. The number of benzene rings is 2. The first kappa shape index (κ1) is 23.1. The van der Waals surface area contributed by atoms with Crippen LogP contribution in [0.4, 0.5) is 11.4 Å². The Balaban J connectivity index is 1.61. The van der Waals surface area contributed by atoms with Crippen molar-refractivity contribution in [1.82, 2.24) is 4.90 Å². The molecule has 0 unspecified atom stereocenters. The molecule has 0 saturated carbocycles. The van der Waals surface area contributed by atoms with Crippen molar-refractivity contribution in [2.75, 3.05) is 44.3 Å². The van der Waals surface area contributed by atoms with E-state index in [1.807, 2.05) is 36.9 Å². The Bertz CT molecular complexity index is 995. The Morgan fingerprint density at radius 1 is 1.03 bits per heavy atom. The van der Waals surface area contributed by atoms with E-state index in [0.717, 1.165) is 11.1 Å². The van der Waals surface area contributed by atoms with Crippen LogP contribution in [0.1, 0.15) is 28.4 Å². The summed E-state index contributed by atoms with van der Waals surface area (Å²) in [6.07, 6.45) is 0. The lowest BCUT2D eigenvalue weighted by Crippen LogP contribution is -2.50. The molecule has 1 amide bonds. The van der Waals surface area contributed by atoms with Crippen molar-refractivity contribution in [3.05, 3.63) is 63.2 Å². The molecule has 2 aromatic rings. The molecular weight excluding hydrogens is 414 g/mol. The molecule has 0 N–H and O–H groups in total. The summed E-state index contributed by atoms with van der Waals surface area (Å²) >= 11 is 0. The second-order valence-electron chi connectivity index (χ2n) is 7.66. The summed E-state index contributed by atoms with van der Waals surface area (Å²) in [5, 5.41) is 11.6. The molecule has 9 nitrogen and oxygen atoms in total. The lowest BCUT2D eigenvalue weighted by atomic mass is 10.1. The Labute approximate surface area is 186 Å². The second kappa shape index (κ2) is 10.1. The van der Waals surface area contributed by atoms with E-state index in [1.54, 1.807) is 17.9 Å². The highest BCUT2D eigenvalue weighted by Crippen LogP contribution is 2.30. The molecule has 1 aliphatic rings. The molecule has 1 aliphatic heterocycles. The minimum Gasteiger partial charge on any atom is -0.484 e. The zero-order valence-corrected chi connectivity index (χ0v) is 18.5. The van der Waals surface area contributed by atoms with Crippen molar-refractivity contribution in [3.8, 4) is 5.75 Å². The SMILES string of the molecule is CCOC(=O)c1ccc(N2CCN(C(=O)COc3cc(C)cc(C)c3)CC2)c([N+](=O)[O-])c1. The average Bonchev–Trinajstić information content (AvgIpc) is 2.76.